The number of halogens is 1. The van der Waals surface area contributed by atoms with E-state index < -0.39 is 16.1 Å². The molecule has 0 aromatic carbocycles. The summed E-state index contributed by atoms with van der Waals surface area (Å²) in [5.41, 5.74) is 0. The molecule has 102 valence electrons. The Balaban J connectivity index is 2.04. The molecule has 3 rings (SSSR count). The quantitative estimate of drug-likeness (QED) is 0.846. The molecule has 2 atom stereocenters. The number of nitrogens with one attached hydrogen (secondary N) is 1. The zero-order valence-electron chi connectivity index (χ0n) is 9.91. The van der Waals surface area contributed by atoms with E-state index in [0.29, 0.717) is 23.9 Å². The van der Waals surface area contributed by atoms with E-state index >= 15 is 0 Å². The van der Waals surface area contributed by atoms with Crippen molar-refractivity contribution in [2.24, 2.45) is 0 Å². The van der Waals surface area contributed by atoms with Gasteiger partial charge in [0.15, 0.2) is 0 Å². The van der Waals surface area contributed by atoms with Crippen molar-refractivity contribution in [2.45, 2.75) is 29.8 Å². The van der Waals surface area contributed by atoms with Gasteiger partial charge in [-0.1, -0.05) is 0 Å². The number of rotatable bonds is 2. The summed E-state index contributed by atoms with van der Waals surface area (Å²) in [5.74, 6) is -0.208. The molecule has 2 aliphatic rings. The van der Waals surface area contributed by atoms with Gasteiger partial charge < -0.3 is 5.32 Å². The molecule has 8 heteroatoms. The van der Waals surface area contributed by atoms with Crippen LogP contribution in [0.15, 0.2) is 27.8 Å². The Labute approximate surface area is 119 Å². The van der Waals surface area contributed by atoms with Crippen LogP contribution in [0.3, 0.4) is 0 Å². The Morgan fingerprint density at radius 3 is 2.89 bits per heavy atom. The van der Waals surface area contributed by atoms with Crippen molar-refractivity contribution < 1.29 is 13.2 Å². The van der Waals surface area contributed by atoms with Crippen LogP contribution in [0.5, 0.6) is 0 Å². The number of nitrogens with zero attached hydrogens (tertiary/aromatic N) is 2. The maximum atomic E-state index is 12.6. The zero-order valence-corrected chi connectivity index (χ0v) is 12.3. The Bertz CT molecular complexity index is 634. The zero-order chi connectivity index (χ0) is 13.6. The topological polar surface area (TPSA) is 79.4 Å². The molecule has 2 saturated heterocycles. The van der Waals surface area contributed by atoms with Gasteiger partial charge >= 0.3 is 0 Å². The van der Waals surface area contributed by atoms with Gasteiger partial charge in [0.1, 0.15) is 10.9 Å². The van der Waals surface area contributed by atoms with Crippen LogP contribution in [-0.2, 0) is 14.8 Å². The van der Waals surface area contributed by atoms with Crippen LogP contribution >= 0.6 is 15.9 Å². The van der Waals surface area contributed by atoms with Crippen LogP contribution in [-0.4, -0.2) is 42.2 Å². The molecule has 2 aliphatic heterocycles. The number of carbonyl (C=O) groups is 1. The van der Waals surface area contributed by atoms with Gasteiger partial charge in [-0.15, -0.1) is 0 Å². The van der Waals surface area contributed by atoms with Gasteiger partial charge in [-0.2, -0.15) is 4.31 Å². The van der Waals surface area contributed by atoms with E-state index in [0.717, 1.165) is 0 Å². The molecule has 0 aliphatic carbocycles. The van der Waals surface area contributed by atoms with Crippen LogP contribution in [0.1, 0.15) is 12.8 Å². The predicted molar refractivity (Wildman–Crippen MR) is 70.8 cm³/mol. The highest BCUT2D eigenvalue weighted by molar-refractivity contribution is 9.10. The number of piperazine rings is 1. The van der Waals surface area contributed by atoms with E-state index in [4.69, 9.17) is 0 Å². The highest BCUT2D eigenvalue weighted by atomic mass is 79.9. The second kappa shape index (κ2) is 4.53. The third kappa shape index (κ3) is 2.07. The molecule has 0 radical (unpaired) electrons. The summed E-state index contributed by atoms with van der Waals surface area (Å²) in [6.45, 7) is 0.385. The number of hydrogen-bond donors (Lipinski definition) is 1. The summed E-state index contributed by atoms with van der Waals surface area (Å²) < 4.78 is 27.2. The van der Waals surface area contributed by atoms with E-state index in [1.807, 2.05) is 0 Å². The molecular weight excluding hydrogens is 334 g/mol. The minimum atomic E-state index is -3.67. The van der Waals surface area contributed by atoms with Crippen LogP contribution in [0.2, 0.25) is 0 Å². The molecule has 1 aromatic heterocycles. The summed E-state index contributed by atoms with van der Waals surface area (Å²) in [7, 11) is -3.67. The van der Waals surface area contributed by atoms with Crippen molar-refractivity contribution in [3.05, 3.63) is 22.9 Å². The highest BCUT2D eigenvalue weighted by Crippen LogP contribution is 2.33. The Morgan fingerprint density at radius 1 is 1.37 bits per heavy atom. The SMILES string of the molecule is O=C1NCC2CCC1N2S(=O)(=O)c1cncc(Br)c1. The van der Waals surface area contributed by atoms with Gasteiger partial charge in [-0.3, -0.25) is 9.78 Å². The first-order chi connectivity index (χ1) is 9.00. The molecule has 1 aromatic rings. The van der Waals surface area contributed by atoms with Gasteiger partial charge in [0.05, 0.1) is 0 Å². The number of fused-ring (bicyclic) bond motifs is 2. The van der Waals surface area contributed by atoms with Crippen molar-refractivity contribution in [3.63, 3.8) is 0 Å². The normalized spacial score (nSPS) is 27.3. The molecule has 19 heavy (non-hydrogen) atoms. The number of aromatic nitrogens is 1. The van der Waals surface area contributed by atoms with Crippen molar-refractivity contribution in [1.29, 1.82) is 0 Å². The van der Waals surface area contributed by atoms with E-state index in [1.54, 1.807) is 0 Å². The largest absolute Gasteiger partial charge is 0.353 e. The molecule has 3 heterocycles. The van der Waals surface area contributed by atoms with E-state index in [-0.39, 0.29) is 16.8 Å². The molecule has 2 bridgehead atoms. The van der Waals surface area contributed by atoms with Gasteiger partial charge in [0.25, 0.3) is 0 Å². The average molecular weight is 346 g/mol. The lowest BCUT2D eigenvalue weighted by Gasteiger charge is -2.33. The Hall–Kier alpha value is -0.990. The van der Waals surface area contributed by atoms with Gasteiger partial charge in [0.2, 0.25) is 15.9 Å². The Kier molecular flexibility index (Phi) is 3.11. The summed E-state index contributed by atoms with van der Waals surface area (Å²) >= 11 is 3.21. The molecule has 0 saturated carbocycles. The summed E-state index contributed by atoms with van der Waals surface area (Å²) in [5, 5.41) is 2.74. The number of sulfonamides is 1. The fourth-order valence-electron chi connectivity index (χ4n) is 2.65. The molecule has 1 N–H and O–H groups in total. The Morgan fingerprint density at radius 2 is 2.16 bits per heavy atom. The minimum Gasteiger partial charge on any atom is -0.353 e. The van der Waals surface area contributed by atoms with Crippen molar-refractivity contribution >= 4 is 31.9 Å². The molecule has 0 spiro atoms. The number of hydrogen-bond acceptors (Lipinski definition) is 4. The van der Waals surface area contributed by atoms with E-state index in [1.165, 1.54) is 22.8 Å². The molecule has 2 unspecified atom stereocenters. The second-order valence-electron chi connectivity index (χ2n) is 4.67. The lowest BCUT2D eigenvalue weighted by molar-refractivity contribution is -0.126. The maximum absolute atomic E-state index is 12.6. The van der Waals surface area contributed by atoms with Crippen molar-refractivity contribution in [2.75, 3.05) is 6.54 Å². The smallest absolute Gasteiger partial charge is 0.245 e. The van der Waals surface area contributed by atoms with Crippen LogP contribution < -0.4 is 5.32 Å². The first-order valence-corrected chi connectivity index (χ1v) is 8.15. The third-order valence-electron chi connectivity index (χ3n) is 3.51. The molecule has 6 nitrogen and oxygen atoms in total. The highest BCUT2D eigenvalue weighted by Gasteiger charge is 2.48. The summed E-state index contributed by atoms with van der Waals surface area (Å²) in [6, 6.07) is 0.781. The fraction of sp³-hybridized carbons (Fsp3) is 0.455. The molecular formula is C11H12BrN3O3S. The van der Waals surface area contributed by atoms with E-state index in [9.17, 15) is 13.2 Å². The standard InChI is InChI=1S/C11H12BrN3O3S/c12-7-3-9(6-13-4-7)19(17,18)15-8-1-2-10(15)11(16)14-5-8/h3-4,6,8,10H,1-2,5H2,(H,14,16). The molecule has 2 fully saturated rings. The first kappa shape index (κ1) is 13.0. The minimum absolute atomic E-state index is 0.119. The first-order valence-electron chi connectivity index (χ1n) is 5.92. The fourth-order valence-corrected chi connectivity index (χ4v) is 4.99. The number of amides is 1. The lowest BCUT2D eigenvalue weighted by atomic mass is 10.2. The predicted octanol–water partition coefficient (Wildman–Crippen LogP) is 0.496. The van der Waals surface area contributed by atoms with Crippen LogP contribution in [0.25, 0.3) is 0 Å². The van der Waals surface area contributed by atoms with Gasteiger partial charge in [-0.05, 0) is 34.8 Å². The van der Waals surface area contributed by atoms with Crippen molar-refractivity contribution in [3.8, 4) is 0 Å². The summed E-state index contributed by atoms with van der Waals surface area (Å²) in [4.78, 5) is 15.8. The monoisotopic (exact) mass is 345 g/mol. The van der Waals surface area contributed by atoms with Crippen LogP contribution in [0, 0.1) is 0 Å². The average Bonchev–Trinajstić information content (AvgIpc) is 2.72. The lowest BCUT2D eigenvalue weighted by Crippen LogP contribution is -2.57. The van der Waals surface area contributed by atoms with Gasteiger partial charge in [-0.25, -0.2) is 8.42 Å². The summed E-state index contributed by atoms with van der Waals surface area (Å²) in [6.07, 6.45) is 4.13. The molecule has 1 amide bonds. The number of pyridine rings is 1. The van der Waals surface area contributed by atoms with Gasteiger partial charge in [0, 0.05) is 29.5 Å². The maximum Gasteiger partial charge on any atom is 0.245 e. The third-order valence-corrected chi connectivity index (χ3v) is 5.87. The number of carbonyl (C=O) groups excluding carboxylic acids is 1. The van der Waals surface area contributed by atoms with Crippen molar-refractivity contribution in [1.82, 2.24) is 14.6 Å². The second-order valence-corrected chi connectivity index (χ2v) is 7.42. The van der Waals surface area contributed by atoms with Crippen LogP contribution in [0.4, 0.5) is 0 Å². The van der Waals surface area contributed by atoms with E-state index in [2.05, 4.69) is 26.2 Å².